The number of methoxy groups -OCH3 is 1. The zero-order valence-electron chi connectivity index (χ0n) is 10.6. The molecule has 17 heavy (non-hydrogen) atoms. The second-order valence-electron chi connectivity index (χ2n) is 4.17. The first-order valence-corrected chi connectivity index (χ1v) is 6.21. The van der Waals surface area contributed by atoms with Crippen LogP contribution in [0.1, 0.15) is 25.8 Å². The highest BCUT2D eigenvalue weighted by molar-refractivity contribution is 7.80. The molecule has 0 radical (unpaired) electrons. The summed E-state index contributed by atoms with van der Waals surface area (Å²) in [4.78, 5) is 0.402. The Morgan fingerprint density at radius 1 is 1.53 bits per heavy atom. The third-order valence-corrected chi connectivity index (χ3v) is 3.05. The van der Waals surface area contributed by atoms with Crippen molar-refractivity contribution < 1.29 is 4.74 Å². The quantitative estimate of drug-likeness (QED) is 0.764. The first-order valence-electron chi connectivity index (χ1n) is 5.80. The molecule has 3 nitrogen and oxygen atoms in total. The summed E-state index contributed by atoms with van der Waals surface area (Å²) >= 11 is 5.03. The van der Waals surface area contributed by atoms with E-state index in [1.807, 2.05) is 18.2 Å². The van der Waals surface area contributed by atoms with E-state index in [0.717, 1.165) is 30.0 Å². The molecule has 3 N–H and O–H groups in total. The molecule has 0 aromatic heterocycles. The lowest BCUT2D eigenvalue weighted by Gasteiger charge is -2.15. The minimum atomic E-state index is 0.402. The maximum atomic E-state index is 5.70. The predicted molar refractivity (Wildman–Crippen MR) is 76.8 cm³/mol. The fraction of sp³-hybridized carbons (Fsp3) is 0.462. The Labute approximate surface area is 108 Å². The van der Waals surface area contributed by atoms with Gasteiger partial charge in [-0.15, -0.1) is 0 Å². The maximum absolute atomic E-state index is 5.70. The van der Waals surface area contributed by atoms with Gasteiger partial charge in [0.15, 0.2) is 0 Å². The summed E-state index contributed by atoms with van der Waals surface area (Å²) in [5, 5.41) is 3.37. The minimum Gasteiger partial charge on any atom is -0.497 e. The highest BCUT2D eigenvalue weighted by atomic mass is 32.1. The standard InChI is InChI=1S/C13H20N2OS/c1-4-9(2)8-15-12-7-10(16-3)5-6-11(12)13(14)17/h5-7,9,15H,4,8H2,1-3H3,(H2,14,17). The Morgan fingerprint density at radius 2 is 2.24 bits per heavy atom. The van der Waals surface area contributed by atoms with E-state index in [9.17, 15) is 0 Å². The first kappa shape index (κ1) is 13.8. The second-order valence-corrected chi connectivity index (χ2v) is 4.61. The van der Waals surface area contributed by atoms with Gasteiger partial charge in [0.1, 0.15) is 10.7 Å². The monoisotopic (exact) mass is 252 g/mol. The Hall–Kier alpha value is -1.29. The molecule has 0 heterocycles. The van der Waals surface area contributed by atoms with Crippen LogP contribution in [0.15, 0.2) is 18.2 Å². The lowest BCUT2D eigenvalue weighted by atomic mass is 10.1. The topological polar surface area (TPSA) is 47.3 Å². The zero-order chi connectivity index (χ0) is 12.8. The van der Waals surface area contributed by atoms with E-state index in [-0.39, 0.29) is 0 Å². The molecule has 0 bridgehead atoms. The molecule has 0 saturated carbocycles. The summed E-state index contributed by atoms with van der Waals surface area (Å²) in [7, 11) is 1.65. The summed E-state index contributed by atoms with van der Waals surface area (Å²) in [5.74, 6) is 1.41. The van der Waals surface area contributed by atoms with Crippen LogP contribution in [0.2, 0.25) is 0 Å². The Morgan fingerprint density at radius 3 is 2.76 bits per heavy atom. The lowest BCUT2D eigenvalue weighted by molar-refractivity contribution is 0.415. The van der Waals surface area contributed by atoms with Crippen LogP contribution < -0.4 is 15.8 Å². The van der Waals surface area contributed by atoms with Crippen LogP contribution >= 0.6 is 12.2 Å². The number of nitrogens with two attached hydrogens (primary N) is 1. The summed E-state index contributed by atoms with van der Waals surface area (Å²) in [6.07, 6.45) is 1.14. The van der Waals surface area contributed by atoms with Crippen molar-refractivity contribution in [1.82, 2.24) is 0 Å². The van der Waals surface area contributed by atoms with Crippen LogP contribution in [0, 0.1) is 5.92 Å². The molecule has 0 amide bonds. The summed E-state index contributed by atoms with van der Waals surface area (Å²) in [5.41, 5.74) is 7.50. The van der Waals surface area contributed by atoms with Gasteiger partial charge in [-0.2, -0.15) is 0 Å². The molecule has 0 fully saturated rings. The second kappa shape index (κ2) is 6.45. The van der Waals surface area contributed by atoms with Gasteiger partial charge in [-0.25, -0.2) is 0 Å². The van der Waals surface area contributed by atoms with Gasteiger partial charge in [0.25, 0.3) is 0 Å². The number of rotatable bonds is 6. The van der Waals surface area contributed by atoms with Gasteiger partial charge in [-0.3, -0.25) is 0 Å². The SMILES string of the molecule is CCC(C)CNc1cc(OC)ccc1C(N)=S. The van der Waals surface area contributed by atoms with Crippen molar-refractivity contribution in [3.8, 4) is 5.75 Å². The van der Waals surface area contributed by atoms with E-state index in [4.69, 9.17) is 22.7 Å². The van der Waals surface area contributed by atoms with Crippen molar-refractivity contribution >= 4 is 22.9 Å². The van der Waals surface area contributed by atoms with Gasteiger partial charge in [0.05, 0.1) is 7.11 Å². The first-order chi connectivity index (χ1) is 8.08. The van der Waals surface area contributed by atoms with E-state index >= 15 is 0 Å². The van der Waals surface area contributed by atoms with Crippen LogP contribution in [-0.2, 0) is 0 Å². The number of hydrogen-bond acceptors (Lipinski definition) is 3. The number of thiocarbonyl (C=S) groups is 1. The van der Waals surface area contributed by atoms with Gasteiger partial charge in [0, 0.05) is 23.9 Å². The Balaban J connectivity index is 2.89. The summed E-state index contributed by atoms with van der Waals surface area (Å²) < 4.78 is 5.20. The number of anilines is 1. The summed E-state index contributed by atoms with van der Waals surface area (Å²) in [6.45, 7) is 5.28. The van der Waals surface area contributed by atoms with Crippen LogP contribution in [-0.4, -0.2) is 18.6 Å². The molecule has 0 aliphatic heterocycles. The fourth-order valence-electron chi connectivity index (χ4n) is 1.44. The largest absolute Gasteiger partial charge is 0.497 e. The molecule has 0 aliphatic carbocycles. The van der Waals surface area contributed by atoms with E-state index in [1.54, 1.807) is 7.11 Å². The predicted octanol–water partition coefficient (Wildman–Crippen LogP) is 2.79. The van der Waals surface area contributed by atoms with Crippen LogP contribution in [0.25, 0.3) is 0 Å². The van der Waals surface area contributed by atoms with Crippen LogP contribution in [0.5, 0.6) is 5.75 Å². The smallest absolute Gasteiger partial charge is 0.120 e. The molecule has 1 aromatic carbocycles. The minimum absolute atomic E-state index is 0.402. The maximum Gasteiger partial charge on any atom is 0.120 e. The molecule has 4 heteroatoms. The molecule has 1 rings (SSSR count). The Bertz CT molecular complexity index is 393. The van der Waals surface area contributed by atoms with Gasteiger partial charge in [0.2, 0.25) is 0 Å². The number of ether oxygens (including phenoxy) is 1. The van der Waals surface area contributed by atoms with Crippen molar-refractivity contribution in [2.24, 2.45) is 11.7 Å². The Kier molecular flexibility index (Phi) is 5.22. The highest BCUT2D eigenvalue weighted by Gasteiger charge is 2.07. The lowest BCUT2D eigenvalue weighted by Crippen LogP contribution is -2.16. The van der Waals surface area contributed by atoms with Crippen molar-refractivity contribution in [2.45, 2.75) is 20.3 Å². The number of benzene rings is 1. The van der Waals surface area contributed by atoms with Crippen LogP contribution in [0.3, 0.4) is 0 Å². The van der Waals surface area contributed by atoms with E-state index in [2.05, 4.69) is 19.2 Å². The van der Waals surface area contributed by atoms with Crippen molar-refractivity contribution in [3.63, 3.8) is 0 Å². The van der Waals surface area contributed by atoms with Crippen molar-refractivity contribution in [3.05, 3.63) is 23.8 Å². The molecular formula is C13H20N2OS. The molecule has 0 spiro atoms. The number of nitrogens with one attached hydrogen (secondary N) is 1. The fourth-order valence-corrected chi connectivity index (χ4v) is 1.62. The third kappa shape index (κ3) is 3.89. The average molecular weight is 252 g/mol. The van der Waals surface area contributed by atoms with Crippen molar-refractivity contribution in [2.75, 3.05) is 19.0 Å². The normalized spacial score (nSPS) is 11.9. The third-order valence-electron chi connectivity index (χ3n) is 2.83. The van der Waals surface area contributed by atoms with E-state index < -0.39 is 0 Å². The van der Waals surface area contributed by atoms with Gasteiger partial charge in [-0.05, 0) is 18.1 Å². The molecule has 1 atom stereocenters. The zero-order valence-corrected chi connectivity index (χ0v) is 11.4. The van der Waals surface area contributed by atoms with E-state index in [0.29, 0.717) is 10.9 Å². The van der Waals surface area contributed by atoms with Gasteiger partial charge < -0.3 is 15.8 Å². The van der Waals surface area contributed by atoms with E-state index in [1.165, 1.54) is 0 Å². The highest BCUT2D eigenvalue weighted by Crippen LogP contribution is 2.23. The molecule has 0 aliphatic rings. The molecule has 94 valence electrons. The molecule has 1 unspecified atom stereocenters. The van der Waals surface area contributed by atoms with Crippen LogP contribution in [0.4, 0.5) is 5.69 Å². The average Bonchev–Trinajstić information content (AvgIpc) is 2.35. The molecule has 0 saturated heterocycles. The van der Waals surface area contributed by atoms with Crippen molar-refractivity contribution in [1.29, 1.82) is 0 Å². The molecular weight excluding hydrogens is 232 g/mol. The van der Waals surface area contributed by atoms with Gasteiger partial charge in [-0.1, -0.05) is 32.5 Å². The number of hydrogen-bond donors (Lipinski definition) is 2. The molecule has 1 aromatic rings. The van der Waals surface area contributed by atoms with Gasteiger partial charge >= 0.3 is 0 Å². The summed E-state index contributed by atoms with van der Waals surface area (Å²) in [6, 6.07) is 5.68.